The Morgan fingerprint density at radius 3 is 1.13 bits per heavy atom. The minimum Gasteiger partial charge on any atom is -0.545 e. The van der Waals surface area contributed by atoms with Crippen molar-refractivity contribution in [2.24, 2.45) is 0 Å². The van der Waals surface area contributed by atoms with E-state index < -0.39 is 24.3 Å². The number of carbonyl (C=O) groups is 3. The molecule has 0 N–H and O–H groups in total. The molecule has 0 spiro atoms. The first-order valence-corrected chi connectivity index (χ1v) is 31.9. The van der Waals surface area contributed by atoms with Crippen molar-refractivity contribution in [3.63, 3.8) is 0 Å². The van der Waals surface area contributed by atoms with Crippen molar-refractivity contribution in [3.8, 4) is 0 Å². The summed E-state index contributed by atoms with van der Waals surface area (Å²) in [5, 5.41) is 11.8. The summed E-state index contributed by atoms with van der Waals surface area (Å²) in [6.07, 6.45) is 71.5. The highest BCUT2D eigenvalue weighted by atomic mass is 16.7. The number of nitrogens with zero attached hydrogens (tertiary/aromatic N) is 1. The van der Waals surface area contributed by atoms with Gasteiger partial charge < -0.3 is 33.3 Å². The molecule has 2 unspecified atom stereocenters. The second kappa shape index (κ2) is 58.1. The van der Waals surface area contributed by atoms with Crippen molar-refractivity contribution in [3.05, 3.63) is 60.8 Å². The lowest BCUT2D eigenvalue weighted by Crippen LogP contribution is -2.44. The minimum absolute atomic E-state index is 0.148. The summed E-state index contributed by atoms with van der Waals surface area (Å²) in [7, 11) is 5.93. The minimum atomic E-state index is -1.62. The van der Waals surface area contributed by atoms with E-state index in [4.69, 9.17) is 18.9 Å². The number of aliphatic carboxylic acids is 1. The largest absolute Gasteiger partial charge is 0.545 e. The number of carbonyl (C=O) groups excluding carboxylic acids is 3. The van der Waals surface area contributed by atoms with Gasteiger partial charge in [0, 0.05) is 12.8 Å². The second-order valence-electron chi connectivity index (χ2n) is 22.7. The zero-order chi connectivity index (χ0) is 55.5. The maximum Gasteiger partial charge on any atom is 0.306 e. The van der Waals surface area contributed by atoms with Crippen molar-refractivity contribution in [2.75, 3.05) is 47.5 Å². The molecule has 442 valence electrons. The van der Waals surface area contributed by atoms with Crippen LogP contribution >= 0.6 is 0 Å². The number of quaternary nitrogens is 1. The number of hydrogen-bond donors (Lipinski definition) is 0. The lowest BCUT2D eigenvalue weighted by Gasteiger charge is -2.26. The zero-order valence-corrected chi connectivity index (χ0v) is 50.4. The lowest BCUT2D eigenvalue weighted by atomic mass is 10.0. The molecule has 2 atom stereocenters. The Hall–Kier alpha value is -3.01. The molecule has 0 saturated carbocycles. The summed E-state index contributed by atoms with van der Waals surface area (Å²) in [5.74, 6) is -2.27. The van der Waals surface area contributed by atoms with Crippen LogP contribution in [0.1, 0.15) is 290 Å². The molecule has 0 rings (SSSR count). The number of carboxylic acids is 1. The van der Waals surface area contributed by atoms with Gasteiger partial charge in [-0.2, -0.15) is 0 Å². The molecule has 0 aromatic rings. The van der Waals surface area contributed by atoms with Gasteiger partial charge in [-0.15, -0.1) is 0 Å². The maximum atomic E-state index is 12.9. The molecule has 0 bridgehead atoms. The Kier molecular flexibility index (Phi) is 55.8. The Bertz CT molecular complexity index is 1430. The van der Waals surface area contributed by atoms with Gasteiger partial charge >= 0.3 is 11.9 Å². The highest BCUT2D eigenvalue weighted by molar-refractivity contribution is 5.70. The van der Waals surface area contributed by atoms with Crippen LogP contribution in [0.4, 0.5) is 0 Å². The SMILES string of the molecule is CC/C=C\C/C=C\C/C=C\C/C=C\CCCCCCCCCCCCCCCCCCCCCCC(=O)OC(COC(=O)CCCCCCCCC/C=C\CCCCCCCCC)COC(OCC[N+](C)(C)C)C(=O)[O-]. The average molecular weight is 1070 g/mol. The standard InChI is InChI=1S/C67H121NO8/c1-6-8-10-12-14-16-18-20-22-24-26-27-28-29-30-31-32-33-34-35-36-37-38-39-40-42-44-46-48-50-52-54-56-58-65(70)76-63(62-75-67(66(71)72)73-60-59-68(3,4)5)61-74-64(69)57-55-53-51-49-47-45-43-41-25-23-21-19-17-15-13-11-9-7-2/h8,10,14,16,20,22-23,25-27,63,67H,6-7,9,11-13,15,17-19,21,24,28-62H2,1-5H3/b10-8-,16-14-,22-20-,25-23-,27-26-. The van der Waals surface area contributed by atoms with E-state index in [9.17, 15) is 19.5 Å². The van der Waals surface area contributed by atoms with Gasteiger partial charge in [0.15, 0.2) is 12.4 Å². The van der Waals surface area contributed by atoms with E-state index in [-0.39, 0.29) is 38.6 Å². The van der Waals surface area contributed by atoms with E-state index in [1.807, 2.05) is 21.1 Å². The zero-order valence-electron chi connectivity index (χ0n) is 50.4. The van der Waals surface area contributed by atoms with Crippen LogP contribution in [-0.4, -0.2) is 82.3 Å². The monoisotopic (exact) mass is 1070 g/mol. The van der Waals surface area contributed by atoms with Gasteiger partial charge in [0.1, 0.15) is 13.2 Å². The summed E-state index contributed by atoms with van der Waals surface area (Å²) >= 11 is 0. The number of hydrogen-bond acceptors (Lipinski definition) is 8. The molecule has 9 heteroatoms. The van der Waals surface area contributed by atoms with Crippen LogP contribution in [0.5, 0.6) is 0 Å². The number of ether oxygens (including phenoxy) is 4. The van der Waals surface area contributed by atoms with Crippen LogP contribution in [-0.2, 0) is 33.3 Å². The molecule has 76 heavy (non-hydrogen) atoms. The summed E-state index contributed by atoms with van der Waals surface area (Å²) in [6.45, 7) is 4.66. The molecule has 0 aromatic heterocycles. The third-order valence-corrected chi connectivity index (χ3v) is 14.0. The third kappa shape index (κ3) is 58.7. The summed E-state index contributed by atoms with van der Waals surface area (Å²) in [5.41, 5.74) is 0. The second-order valence-corrected chi connectivity index (χ2v) is 22.7. The third-order valence-electron chi connectivity index (χ3n) is 14.0. The first-order chi connectivity index (χ1) is 37.1. The van der Waals surface area contributed by atoms with Crippen molar-refractivity contribution in [1.82, 2.24) is 0 Å². The van der Waals surface area contributed by atoms with Crippen LogP contribution in [0, 0.1) is 0 Å². The maximum absolute atomic E-state index is 12.9. The number of esters is 2. The van der Waals surface area contributed by atoms with Crippen molar-refractivity contribution < 1.29 is 42.9 Å². The van der Waals surface area contributed by atoms with Crippen molar-refractivity contribution in [1.29, 1.82) is 0 Å². The van der Waals surface area contributed by atoms with Crippen molar-refractivity contribution in [2.45, 2.75) is 302 Å². The predicted octanol–water partition coefficient (Wildman–Crippen LogP) is 17.9. The van der Waals surface area contributed by atoms with E-state index in [0.717, 1.165) is 57.8 Å². The van der Waals surface area contributed by atoms with Gasteiger partial charge in [-0.1, -0.05) is 261 Å². The lowest BCUT2D eigenvalue weighted by molar-refractivity contribution is -0.870. The first-order valence-electron chi connectivity index (χ1n) is 31.9. The van der Waals surface area contributed by atoms with E-state index in [2.05, 4.69) is 74.6 Å². The van der Waals surface area contributed by atoms with Gasteiger partial charge in [-0.25, -0.2) is 0 Å². The number of carboxylic acid groups (broad SMARTS) is 1. The molecule has 0 aliphatic carbocycles. The molecule has 0 fully saturated rings. The van der Waals surface area contributed by atoms with Crippen LogP contribution < -0.4 is 5.11 Å². The van der Waals surface area contributed by atoms with E-state index in [1.54, 1.807) is 0 Å². The molecule has 0 saturated heterocycles. The van der Waals surface area contributed by atoms with Crippen LogP contribution in [0.15, 0.2) is 60.8 Å². The Balaban J connectivity index is 4.09. The van der Waals surface area contributed by atoms with Gasteiger partial charge in [0.05, 0.1) is 40.3 Å². The summed E-state index contributed by atoms with van der Waals surface area (Å²) < 4.78 is 22.7. The summed E-state index contributed by atoms with van der Waals surface area (Å²) in [4.78, 5) is 37.4. The number of allylic oxidation sites excluding steroid dienone is 10. The quantitative estimate of drug-likeness (QED) is 0.0195. The molecule has 9 nitrogen and oxygen atoms in total. The van der Waals surface area contributed by atoms with Crippen molar-refractivity contribution >= 4 is 17.9 Å². The van der Waals surface area contributed by atoms with Gasteiger partial charge in [-0.3, -0.25) is 9.59 Å². The normalized spacial score (nSPS) is 13.1. The molecular weight excluding hydrogens is 947 g/mol. The Labute approximate surface area is 469 Å². The van der Waals surface area contributed by atoms with Gasteiger partial charge in [-0.05, 0) is 77.0 Å². The molecule has 0 amide bonds. The highest BCUT2D eigenvalue weighted by Crippen LogP contribution is 2.17. The van der Waals surface area contributed by atoms with Crippen LogP contribution in [0.25, 0.3) is 0 Å². The molecular formula is C67H121NO8. The fourth-order valence-electron chi connectivity index (χ4n) is 9.11. The Morgan fingerprint density at radius 2 is 0.750 bits per heavy atom. The first kappa shape index (κ1) is 73.0. The topological polar surface area (TPSA) is 111 Å². The molecule has 0 aliphatic rings. The smallest absolute Gasteiger partial charge is 0.306 e. The molecule has 0 radical (unpaired) electrons. The predicted molar refractivity (Wildman–Crippen MR) is 320 cm³/mol. The summed E-state index contributed by atoms with van der Waals surface area (Å²) in [6, 6.07) is 0. The van der Waals surface area contributed by atoms with Gasteiger partial charge in [0.2, 0.25) is 0 Å². The molecule has 0 aliphatic heterocycles. The fourth-order valence-corrected chi connectivity index (χ4v) is 9.11. The van der Waals surface area contributed by atoms with Crippen LogP contribution in [0.3, 0.4) is 0 Å². The van der Waals surface area contributed by atoms with Gasteiger partial charge in [0.25, 0.3) is 0 Å². The number of rotatable bonds is 59. The van der Waals surface area contributed by atoms with E-state index >= 15 is 0 Å². The highest BCUT2D eigenvalue weighted by Gasteiger charge is 2.22. The molecule has 0 heterocycles. The van der Waals surface area contributed by atoms with E-state index in [1.165, 1.54) is 199 Å². The Morgan fingerprint density at radius 1 is 0.408 bits per heavy atom. The van der Waals surface area contributed by atoms with Crippen LogP contribution in [0.2, 0.25) is 0 Å². The number of unbranched alkanes of at least 4 members (excludes halogenated alkanes) is 34. The molecule has 0 aromatic carbocycles. The average Bonchev–Trinajstić information content (AvgIpc) is 3.39. The number of likely N-dealkylation sites (N-methyl/N-ethyl adjacent to an activating group) is 1. The fraction of sp³-hybridized carbons (Fsp3) is 0.806. The van der Waals surface area contributed by atoms with E-state index in [0.29, 0.717) is 17.4 Å².